The number of carbonyl (C=O) groups is 1. The van der Waals surface area contributed by atoms with Gasteiger partial charge in [0.1, 0.15) is 0 Å². The van der Waals surface area contributed by atoms with Gasteiger partial charge in [-0.1, -0.05) is 25.4 Å². The van der Waals surface area contributed by atoms with Crippen LogP contribution >= 0.6 is 11.6 Å². The number of hydrogen-bond acceptors (Lipinski definition) is 4. The average Bonchev–Trinajstić information content (AvgIpc) is 3.17. The Morgan fingerprint density at radius 1 is 1.52 bits per heavy atom. The summed E-state index contributed by atoms with van der Waals surface area (Å²) in [6.45, 7) is 4.87. The number of halogens is 1. The molecule has 0 heterocycles. The number of anilines is 1. The van der Waals surface area contributed by atoms with Gasteiger partial charge in [-0.3, -0.25) is 10.1 Å². The van der Waals surface area contributed by atoms with E-state index in [1.165, 1.54) is 6.07 Å². The Hall–Kier alpha value is -1.82. The fourth-order valence-corrected chi connectivity index (χ4v) is 2.71. The van der Waals surface area contributed by atoms with Gasteiger partial charge in [-0.15, -0.1) is 0 Å². The second kappa shape index (κ2) is 5.52. The van der Waals surface area contributed by atoms with E-state index >= 15 is 0 Å². The van der Waals surface area contributed by atoms with Gasteiger partial charge in [-0.05, 0) is 24.2 Å². The van der Waals surface area contributed by atoms with Crippen molar-refractivity contribution in [1.82, 2.24) is 0 Å². The number of carboxylic acids is 1. The van der Waals surface area contributed by atoms with Crippen LogP contribution in [0.25, 0.3) is 0 Å². The van der Waals surface area contributed by atoms with Crippen LogP contribution < -0.4 is 5.32 Å². The lowest BCUT2D eigenvalue weighted by atomic mass is 9.92. The molecule has 0 atom stereocenters. The molecule has 2 rings (SSSR count). The predicted octanol–water partition coefficient (Wildman–Crippen LogP) is 3.79. The molecular weight excluding hydrogens is 296 g/mol. The van der Waals surface area contributed by atoms with Gasteiger partial charge in [0.05, 0.1) is 21.2 Å². The first-order valence-electron chi connectivity index (χ1n) is 6.72. The van der Waals surface area contributed by atoms with Crippen molar-refractivity contribution in [3.05, 3.63) is 32.8 Å². The van der Waals surface area contributed by atoms with Gasteiger partial charge in [0.15, 0.2) is 0 Å². The van der Waals surface area contributed by atoms with Crippen LogP contribution in [0.4, 0.5) is 11.4 Å². The zero-order chi connectivity index (χ0) is 15.8. The molecule has 21 heavy (non-hydrogen) atoms. The third kappa shape index (κ3) is 3.10. The number of nitro benzene ring substituents is 1. The molecule has 0 saturated heterocycles. The predicted molar refractivity (Wildman–Crippen MR) is 80.1 cm³/mol. The third-order valence-corrected chi connectivity index (χ3v) is 4.55. The minimum absolute atomic E-state index is 0.0566. The summed E-state index contributed by atoms with van der Waals surface area (Å²) in [7, 11) is 0. The lowest BCUT2D eigenvalue weighted by Crippen LogP contribution is -2.22. The standard InChI is InChI=1S/C14H17ClN2O4/c1-8(2)14(3-4-14)7-16-12-10(13(18)19)5-9(17(20)21)6-11(12)15/h5-6,8,16H,3-4,7H2,1-2H3,(H,18,19). The summed E-state index contributed by atoms with van der Waals surface area (Å²) in [4.78, 5) is 21.4. The average molecular weight is 313 g/mol. The Morgan fingerprint density at radius 2 is 2.14 bits per heavy atom. The maximum absolute atomic E-state index is 11.3. The minimum atomic E-state index is -1.24. The van der Waals surface area contributed by atoms with Crippen molar-refractivity contribution in [2.75, 3.05) is 11.9 Å². The van der Waals surface area contributed by atoms with Gasteiger partial charge < -0.3 is 10.4 Å². The lowest BCUT2D eigenvalue weighted by Gasteiger charge is -2.22. The van der Waals surface area contributed by atoms with E-state index in [9.17, 15) is 20.0 Å². The molecule has 1 saturated carbocycles. The molecule has 2 N–H and O–H groups in total. The summed E-state index contributed by atoms with van der Waals surface area (Å²) in [5, 5.41) is 23.2. The van der Waals surface area contributed by atoms with Gasteiger partial charge in [0.2, 0.25) is 0 Å². The molecular formula is C14H17ClN2O4. The van der Waals surface area contributed by atoms with Crippen LogP contribution in [0, 0.1) is 21.4 Å². The molecule has 0 aliphatic heterocycles. The molecule has 114 valence electrons. The Labute approximate surface area is 127 Å². The number of nitrogens with one attached hydrogen (secondary N) is 1. The normalized spacial score (nSPS) is 15.8. The van der Waals surface area contributed by atoms with Gasteiger partial charge in [0, 0.05) is 18.7 Å². The van der Waals surface area contributed by atoms with E-state index in [2.05, 4.69) is 19.2 Å². The molecule has 0 amide bonds. The van der Waals surface area contributed by atoms with Crippen LogP contribution in [-0.2, 0) is 0 Å². The number of benzene rings is 1. The largest absolute Gasteiger partial charge is 0.478 e. The fraction of sp³-hybridized carbons (Fsp3) is 0.500. The van der Waals surface area contributed by atoms with Crippen LogP contribution in [0.2, 0.25) is 5.02 Å². The molecule has 1 fully saturated rings. The minimum Gasteiger partial charge on any atom is -0.478 e. The van der Waals surface area contributed by atoms with E-state index < -0.39 is 10.9 Å². The molecule has 0 radical (unpaired) electrons. The first-order valence-corrected chi connectivity index (χ1v) is 7.10. The van der Waals surface area contributed by atoms with Gasteiger partial charge in [0.25, 0.3) is 5.69 Å². The van der Waals surface area contributed by atoms with E-state index in [0.29, 0.717) is 12.5 Å². The van der Waals surface area contributed by atoms with Crippen molar-refractivity contribution in [1.29, 1.82) is 0 Å². The molecule has 0 aromatic heterocycles. The molecule has 1 aromatic carbocycles. The Balaban J connectivity index is 2.30. The molecule has 7 heteroatoms. The molecule has 0 spiro atoms. The van der Waals surface area contributed by atoms with Crippen LogP contribution in [-0.4, -0.2) is 22.5 Å². The zero-order valence-corrected chi connectivity index (χ0v) is 12.6. The zero-order valence-electron chi connectivity index (χ0n) is 11.9. The Morgan fingerprint density at radius 3 is 2.57 bits per heavy atom. The van der Waals surface area contributed by atoms with Crippen molar-refractivity contribution in [2.24, 2.45) is 11.3 Å². The van der Waals surface area contributed by atoms with Crippen molar-refractivity contribution in [2.45, 2.75) is 26.7 Å². The third-order valence-electron chi connectivity index (χ3n) is 4.25. The second-order valence-corrected chi connectivity index (χ2v) is 6.19. The number of aromatic carboxylic acids is 1. The van der Waals surface area contributed by atoms with Crippen LogP contribution in [0.15, 0.2) is 12.1 Å². The second-order valence-electron chi connectivity index (χ2n) is 5.78. The molecule has 1 aliphatic rings. The van der Waals surface area contributed by atoms with Gasteiger partial charge >= 0.3 is 5.97 Å². The van der Waals surface area contributed by atoms with Crippen LogP contribution in [0.5, 0.6) is 0 Å². The number of nitrogens with zero attached hydrogens (tertiary/aromatic N) is 1. The van der Waals surface area contributed by atoms with E-state index in [-0.39, 0.29) is 27.4 Å². The number of hydrogen-bond donors (Lipinski definition) is 2. The number of carboxylic acid groups (broad SMARTS) is 1. The number of nitro groups is 1. The smallest absolute Gasteiger partial charge is 0.338 e. The monoisotopic (exact) mass is 312 g/mol. The summed E-state index contributed by atoms with van der Waals surface area (Å²) in [6, 6.07) is 2.21. The van der Waals surface area contributed by atoms with Crippen molar-refractivity contribution in [3.8, 4) is 0 Å². The van der Waals surface area contributed by atoms with Crippen LogP contribution in [0.1, 0.15) is 37.0 Å². The SMILES string of the molecule is CC(C)C1(CNc2c(Cl)cc([N+](=O)[O-])cc2C(=O)O)CC1. The van der Waals surface area contributed by atoms with Crippen molar-refractivity contribution >= 4 is 28.9 Å². The van der Waals surface area contributed by atoms with E-state index in [4.69, 9.17) is 11.6 Å². The molecule has 0 unspecified atom stereocenters. The molecule has 6 nitrogen and oxygen atoms in total. The highest BCUT2D eigenvalue weighted by atomic mass is 35.5. The summed E-state index contributed by atoms with van der Waals surface area (Å²) < 4.78 is 0. The lowest BCUT2D eigenvalue weighted by molar-refractivity contribution is -0.384. The van der Waals surface area contributed by atoms with Crippen molar-refractivity contribution < 1.29 is 14.8 Å². The number of rotatable bonds is 6. The molecule has 0 bridgehead atoms. The quantitative estimate of drug-likeness (QED) is 0.615. The first-order chi connectivity index (χ1) is 9.77. The first kappa shape index (κ1) is 15.6. The highest BCUT2D eigenvalue weighted by Gasteiger charge is 2.45. The Bertz CT molecular complexity index is 597. The highest BCUT2D eigenvalue weighted by Crippen LogP contribution is 2.52. The number of non-ortho nitro benzene ring substituents is 1. The van der Waals surface area contributed by atoms with Gasteiger partial charge in [-0.2, -0.15) is 0 Å². The van der Waals surface area contributed by atoms with E-state index in [1.807, 2.05) is 0 Å². The topological polar surface area (TPSA) is 92.5 Å². The summed E-state index contributed by atoms with van der Waals surface area (Å²) in [5.41, 5.74) is -0.0793. The van der Waals surface area contributed by atoms with Crippen LogP contribution in [0.3, 0.4) is 0 Å². The Kier molecular flexibility index (Phi) is 4.09. The van der Waals surface area contributed by atoms with Crippen molar-refractivity contribution in [3.63, 3.8) is 0 Å². The van der Waals surface area contributed by atoms with E-state index in [0.717, 1.165) is 18.9 Å². The van der Waals surface area contributed by atoms with Gasteiger partial charge in [-0.25, -0.2) is 4.79 Å². The fourth-order valence-electron chi connectivity index (χ4n) is 2.43. The summed E-state index contributed by atoms with van der Waals surface area (Å²) in [5.74, 6) is -0.757. The highest BCUT2D eigenvalue weighted by molar-refractivity contribution is 6.34. The maximum Gasteiger partial charge on any atom is 0.338 e. The summed E-state index contributed by atoms with van der Waals surface area (Å²) >= 11 is 6.02. The summed E-state index contributed by atoms with van der Waals surface area (Å²) in [6.07, 6.45) is 2.18. The molecule has 1 aliphatic carbocycles. The van der Waals surface area contributed by atoms with E-state index in [1.54, 1.807) is 0 Å². The maximum atomic E-state index is 11.3. The molecule has 1 aromatic rings.